The minimum Gasteiger partial charge on any atom is -0.363 e. The van der Waals surface area contributed by atoms with E-state index in [1.54, 1.807) is 0 Å². The molecule has 2 rings (SSSR count). The number of hydrogen-bond donors (Lipinski definition) is 1. The Morgan fingerprint density at radius 1 is 1.26 bits per heavy atom. The van der Waals surface area contributed by atoms with Crippen molar-refractivity contribution in [2.24, 2.45) is 0 Å². The number of rotatable bonds is 3. The van der Waals surface area contributed by atoms with Crippen molar-refractivity contribution in [2.45, 2.75) is 43.8 Å². The molecule has 1 aromatic rings. The van der Waals surface area contributed by atoms with Gasteiger partial charge >= 0.3 is 6.18 Å². The van der Waals surface area contributed by atoms with E-state index in [-0.39, 0.29) is 5.82 Å². The number of alkyl halides is 4. The highest BCUT2D eigenvalue weighted by molar-refractivity contribution is 6.18. The highest BCUT2D eigenvalue weighted by Crippen LogP contribution is 2.37. The summed E-state index contributed by atoms with van der Waals surface area (Å²) in [7, 11) is 0. The summed E-state index contributed by atoms with van der Waals surface area (Å²) in [6, 6.07) is 2.34. The third-order valence-corrected chi connectivity index (χ3v) is 4.07. The molecule has 0 unspecified atom stereocenters. The Hall–Kier alpha value is -0.970. The van der Waals surface area contributed by atoms with Crippen LogP contribution in [0.25, 0.3) is 0 Å². The minimum absolute atomic E-state index is 0.113. The molecule has 1 aliphatic carbocycles. The van der Waals surface area contributed by atoms with E-state index in [0.717, 1.165) is 38.2 Å². The van der Waals surface area contributed by atoms with E-state index in [4.69, 9.17) is 11.6 Å². The third kappa shape index (κ3) is 3.32. The summed E-state index contributed by atoms with van der Waals surface area (Å²) < 4.78 is 38.8. The van der Waals surface area contributed by atoms with Crippen LogP contribution in [0.1, 0.15) is 37.7 Å². The Morgan fingerprint density at radius 2 is 1.95 bits per heavy atom. The van der Waals surface area contributed by atoms with Crippen LogP contribution in [0.4, 0.5) is 19.0 Å². The first kappa shape index (κ1) is 14.4. The number of nitrogens with one attached hydrogen (secondary N) is 1. The number of halogens is 4. The number of pyridine rings is 1. The molecule has 0 amide bonds. The van der Waals surface area contributed by atoms with Crippen LogP contribution in [0.2, 0.25) is 0 Å². The number of anilines is 1. The molecule has 0 aromatic carbocycles. The summed E-state index contributed by atoms with van der Waals surface area (Å²) in [6.07, 6.45) is 1.59. The Morgan fingerprint density at radius 3 is 2.53 bits per heavy atom. The van der Waals surface area contributed by atoms with Gasteiger partial charge < -0.3 is 5.32 Å². The molecule has 0 spiro atoms. The van der Waals surface area contributed by atoms with Gasteiger partial charge in [0.25, 0.3) is 0 Å². The molecule has 0 saturated heterocycles. The zero-order valence-electron chi connectivity index (χ0n) is 10.4. The number of aromatic nitrogens is 1. The Bertz CT molecular complexity index is 428. The number of nitrogens with zero attached hydrogens (tertiary/aromatic N) is 1. The lowest BCUT2D eigenvalue weighted by molar-refractivity contribution is -0.137. The summed E-state index contributed by atoms with van der Waals surface area (Å²) in [5.41, 5.74) is -1.20. The fourth-order valence-corrected chi connectivity index (χ4v) is 2.84. The largest absolute Gasteiger partial charge is 0.419 e. The quantitative estimate of drug-likeness (QED) is 0.832. The van der Waals surface area contributed by atoms with Crippen LogP contribution >= 0.6 is 11.6 Å². The van der Waals surface area contributed by atoms with Crippen LogP contribution in [0.5, 0.6) is 0 Å². The zero-order chi connectivity index (χ0) is 13.9. The maximum atomic E-state index is 12.9. The second-order valence-electron chi connectivity index (χ2n) is 5.00. The summed E-state index contributed by atoms with van der Waals surface area (Å²) in [5, 5.41) is 2.96. The summed E-state index contributed by atoms with van der Waals surface area (Å²) in [4.78, 5) is 3.84. The van der Waals surface area contributed by atoms with Crippen LogP contribution in [0, 0.1) is 0 Å². The van der Waals surface area contributed by atoms with E-state index in [1.807, 2.05) is 0 Å². The van der Waals surface area contributed by atoms with Gasteiger partial charge in [-0.25, -0.2) is 4.98 Å². The van der Waals surface area contributed by atoms with Crippen LogP contribution in [0.3, 0.4) is 0 Å². The second kappa shape index (κ2) is 5.57. The van der Waals surface area contributed by atoms with Gasteiger partial charge in [0.1, 0.15) is 5.82 Å². The van der Waals surface area contributed by atoms with Crippen molar-refractivity contribution in [3.8, 4) is 0 Å². The molecule has 1 heterocycles. The van der Waals surface area contributed by atoms with Crippen LogP contribution < -0.4 is 5.32 Å². The highest BCUT2D eigenvalue weighted by Gasteiger charge is 2.38. The molecule has 0 atom stereocenters. The van der Waals surface area contributed by atoms with Gasteiger partial charge in [0.2, 0.25) is 0 Å². The first-order chi connectivity index (χ1) is 8.97. The van der Waals surface area contributed by atoms with Crippen molar-refractivity contribution in [2.75, 3.05) is 11.2 Å². The second-order valence-corrected chi connectivity index (χ2v) is 5.26. The van der Waals surface area contributed by atoms with Gasteiger partial charge in [-0.1, -0.05) is 19.3 Å². The van der Waals surface area contributed by atoms with E-state index in [9.17, 15) is 13.2 Å². The van der Waals surface area contributed by atoms with Crippen molar-refractivity contribution in [1.82, 2.24) is 4.98 Å². The maximum absolute atomic E-state index is 12.9. The van der Waals surface area contributed by atoms with E-state index in [0.29, 0.717) is 5.88 Å². The van der Waals surface area contributed by atoms with Gasteiger partial charge in [0.15, 0.2) is 0 Å². The third-order valence-electron chi connectivity index (χ3n) is 3.56. The molecule has 1 saturated carbocycles. The molecule has 1 aliphatic rings. The lowest BCUT2D eigenvalue weighted by Crippen LogP contribution is -2.43. The summed E-state index contributed by atoms with van der Waals surface area (Å²) in [5.74, 6) is 0.179. The standard InChI is InChI=1S/C13H16ClF3N2/c14-9-12(6-2-1-3-7-12)19-11-10(13(15,16)17)5-4-8-18-11/h4-5,8H,1-3,6-7,9H2,(H,18,19). The fraction of sp³-hybridized carbons (Fsp3) is 0.615. The molecular weight excluding hydrogens is 277 g/mol. The molecule has 0 radical (unpaired) electrons. The van der Waals surface area contributed by atoms with Crippen molar-refractivity contribution < 1.29 is 13.2 Å². The van der Waals surface area contributed by atoms with E-state index < -0.39 is 17.3 Å². The SMILES string of the molecule is FC(F)(F)c1cccnc1NC1(CCl)CCCCC1. The van der Waals surface area contributed by atoms with Crippen LogP contribution in [-0.4, -0.2) is 16.4 Å². The molecule has 0 aliphatic heterocycles. The molecule has 1 aromatic heterocycles. The van der Waals surface area contributed by atoms with Gasteiger partial charge in [0.05, 0.1) is 11.1 Å². The summed E-state index contributed by atoms with van der Waals surface area (Å²) in [6.45, 7) is 0. The lowest BCUT2D eigenvalue weighted by Gasteiger charge is -2.37. The smallest absolute Gasteiger partial charge is 0.363 e. The molecule has 106 valence electrons. The maximum Gasteiger partial charge on any atom is 0.419 e. The van der Waals surface area contributed by atoms with Crippen molar-refractivity contribution >= 4 is 17.4 Å². The Kier molecular flexibility index (Phi) is 4.23. The minimum atomic E-state index is -4.40. The van der Waals surface area contributed by atoms with Crippen molar-refractivity contribution in [3.05, 3.63) is 23.9 Å². The normalized spacial score (nSPS) is 19.2. The Labute approximate surface area is 115 Å². The van der Waals surface area contributed by atoms with Crippen LogP contribution in [0.15, 0.2) is 18.3 Å². The molecule has 1 N–H and O–H groups in total. The fourth-order valence-electron chi connectivity index (χ4n) is 2.51. The lowest BCUT2D eigenvalue weighted by atomic mass is 9.83. The van der Waals surface area contributed by atoms with Crippen LogP contribution in [-0.2, 0) is 6.18 Å². The molecule has 2 nitrogen and oxygen atoms in total. The average molecular weight is 293 g/mol. The van der Waals surface area contributed by atoms with E-state index >= 15 is 0 Å². The Balaban J connectivity index is 2.27. The van der Waals surface area contributed by atoms with Gasteiger partial charge in [-0.3, -0.25) is 0 Å². The molecule has 0 bridgehead atoms. The topological polar surface area (TPSA) is 24.9 Å². The van der Waals surface area contributed by atoms with E-state index in [1.165, 1.54) is 12.3 Å². The highest BCUT2D eigenvalue weighted by atomic mass is 35.5. The zero-order valence-corrected chi connectivity index (χ0v) is 11.2. The summed E-state index contributed by atoms with van der Waals surface area (Å²) >= 11 is 5.98. The first-order valence-corrected chi connectivity index (χ1v) is 6.87. The van der Waals surface area contributed by atoms with Gasteiger partial charge in [0, 0.05) is 12.1 Å². The van der Waals surface area contributed by atoms with Crippen molar-refractivity contribution in [1.29, 1.82) is 0 Å². The molecule has 6 heteroatoms. The average Bonchev–Trinajstić information content (AvgIpc) is 2.39. The van der Waals surface area contributed by atoms with Crippen molar-refractivity contribution in [3.63, 3.8) is 0 Å². The molecular formula is C13H16ClF3N2. The van der Waals surface area contributed by atoms with Gasteiger partial charge in [-0.15, -0.1) is 11.6 Å². The predicted molar refractivity (Wildman–Crippen MR) is 69.4 cm³/mol. The molecule has 19 heavy (non-hydrogen) atoms. The van der Waals surface area contributed by atoms with E-state index in [2.05, 4.69) is 10.3 Å². The van der Waals surface area contributed by atoms with Gasteiger partial charge in [-0.2, -0.15) is 13.2 Å². The monoisotopic (exact) mass is 292 g/mol. The predicted octanol–water partition coefficient (Wildman–Crippen LogP) is 4.45. The number of hydrogen-bond acceptors (Lipinski definition) is 2. The van der Waals surface area contributed by atoms with Gasteiger partial charge in [-0.05, 0) is 25.0 Å². The first-order valence-electron chi connectivity index (χ1n) is 6.33. The molecule has 1 fully saturated rings.